The molecular weight excluding hydrogens is 326 g/mol. The number of pyridine rings is 1. The van der Waals surface area contributed by atoms with Crippen LogP contribution in [0.1, 0.15) is 36.0 Å². The van der Waals surface area contributed by atoms with E-state index in [1.165, 1.54) is 12.1 Å². The topological polar surface area (TPSA) is 88.2 Å². The van der Waals surface area contributed by atoms with Crippen LogP contribution in [-0.4, -0.2) is 25.4 Å². The molecule has 1 saturated carbocycles. The number of sulfonamides is 1. The molecule has 7 heteroatoms. The molecule has 0 bridgehead atoms. The number of anilines is 1. The molecule has 2 aromatic rings. The highest BCUT2D eigenvalue weighted by Crippen LogP contribution is 2.21. The second-order valence-corrected chi connectivity index (χ2v) is 7.51. The van der Waals surface area contributed by atoms with Crippen molar-refractivity contribution >= 4 is 21.7 Å². The van der Waals surface area contributed by atoms with Gasteiger partial charge in [0.2, 0.25) is 10.0 Å². The smallest absolute Gasteiger partial charge is 0.256 e. The molecule has 0 spiro atoms. The summed E-state index contributed by atoms with van der Waals surface area (Å²) in [5.74, 6) is 0.0199. The summed E-state index contributed by atoms with van der Waals surface area (Å²) in [6.45, 7) is 0. The van der Waals surface area contributed by atoms with E-state index >= 15 is 0 Å². The highest BCUT2D eigenvalue weighted by Gasteiger charge is 2.23. The number of amides is 1. The molecule has 1 aromatic heterocycles. The molecule has 0 radical (unpaired) electrons. The summed E-state index contributed by atoms with van der Waals surface area (Å²) in [5.41, 5.74) is 0.273. The lowest BCUT2D eigenvalue weighted by Crippen LogP contribution is -2.32. The molecule has 2 N–H and O–H groups in total. The van der Waals surface area contributed by atoms with E-state index in [4.69, 9.17) is 0 Å². The van der Waals surface area contributed by atoms with Crippen LogP contribution in [0.15, 0.2) is 53.6 Å². The van der Waals surface area contributed by atoms with Gasteiger partial charge in [-0.3, -0.25) is 4.79 Å². The number of benzene rings is 1. The fourth-order valence-electron chi connectivity index (χ4n) is 2.76. The van der Waals surface area contributed by atoms with Gasteiger partial charge in [-0.15, -0.1) is 0 Å². The van der Waals surface area contributed by atoms with Gasteiger partial charge in [0, 0.05) is 17.8 Å². The van der Waals surface area contributed by atoms with Crippen LogP contribution in [-0.2, 0) is 10.0 Å². The summed E-state index contributed by atoms with van der Waals surface area (Å²) in [6.07, 6.45) is 5.37. The molecule has 6 nitrogen and oxygen atoms in total. The van der Waals surface area contributed by atoms with Crippen LogP contribution in [0.4, 0.5) is 5.82 Å². The Morgan fingerprint density at radius 3 is 2.58 bits per heavy atom. The van der Waals surface area contributed by atoms with Gasteiger partial charge in [-0.25, -0.2) is 18.1 Å². The lowest BCUT2D eigenvalue weighted by molar-refractivity contribution is 0.102. The Morgan fingerprint density at radius 1 is 1.08 bits per heavy atom. The van der Waals surface area contributed by atoms with Gasteiger partial charge in [-0.2, -0.15) is 0 Å². The molecule has 1 amide bonds. The predicted molar refractivity (Wildman–Crippen MR) is 91.2 cm³/mol. The molecule has 24 heavy (non-hydrogen) atoms. The Kier molecular flexibility index (Phi) is 4.92. The highest BCUT2D eigenvalue weighted by atomic mass is 32.2. The van der Waals surface area contributed by atoms with Gasteiger partial charge in [0.25, 0.3) is 5.91 Å². The normalized spacial score (nSPS) is 15.3. The first-order valence-corrected chi connectivity index (χ1v) is 9.38. The predicted octanol–water partition coefficient (Wildman–Crippen LogP) is 2.55. The van der Waals surface area contributed by atoms with Crippen molar-refractivity contribution in [2.24, 2.45) is 0 Å². The van der Waals surface area contributed by atoms with Crippen molar-refractivity contribution in [1.82, 2.24) is 9.71 Å². The van der Waals surface area contributed by atoms with Crippen molar-refractivity contribution < 1.29 is 13.2 Å². The summed E-state index contributed by atoms with van der Waals surface area (Å²) in [6, 6.07) is 11.2. The average molecular weight is 345 g/mol. The molecule has 0 saturated heterocycles. The molecule has 0 unspecified atom stereocenters. The summed E-state index contributed by atoms with van der Waals surface area (Å²) in [5, 5.41) is 2.64. The number of carbonyl (C=O) groups is 1. The maximum atomic E-state index is 12.5. The minimum atomic E-state index is -3.62. The SMILES string of the molecule is O=C(Nc1ccccn1)c1cccc(S(=O)(=O)NC2CCCC2)c1. The zero-order chi connectivity index (χ0) is 17.0. The Labute approximate surface area is 141 Å². The zero-order valence-electron chi connectivity index (χ0n) is 13.1. The van der Waals surface area contributed by atoms with E-state index in [1.807, 2.05) is 0 Å². The molecular formula is C17H19N3O3S. The zero-order valence-corrected chi connectivity index (χ0v) is 13.9. The third kappa shape index (κ3) is 3.98. The second-order valence-electron chi connectivity index (χ2n) is 5.80. The maximum absolute atomic E-state index is 12.5. The lowest BCUT2D eigenvalue weighted by Gasteiger charge is -2.13. The highest BCUT2D eigenvalue weighted by molar-refractivity contribution is 7.89. The minimum absolute atomic E-state index is 0.0130. The van der Waals surface area contributed by atoms with Crippen LogP contribution in [0.25, 0.3) is 0 Å². The Balaban J connectivity index is 1.77. The van der Waals surface area contributed by atoms with Crippen LogP contribution in [0.3, 0.4) is 0 Å². The van der Waals surface area contributed by atoms with Crippen LogP contribution in [0.2, 0.25) is 0 Å². The molecule has 1 aliphatic rings. The van der Waals surface area contributed by atoms with E-state index in [1.54, 1.807) is 36.5 Å². The van der Waals surface area contributed by atoms with Crippen LogP contribution in [0, 0.1) is 0 Å². The van der Waals surface area contributed by atoms with Gasteiger partial charge in [0.15, 0.2) is 0 Å². The number of carbonyl (C=O) groups excluding carboxylic acids is 1. The summed E-state index contributed by atoms with van der Waals surface area (Å²) in [4.78, 5) is 16.4. The molecule has 0 aliphatic heterocycles. The van der Waals surface area contributed by atoms with Crippen LogP contribution < -0.4 is 10.0 Å². The number of aromatic nitrogens is 1. The Morgan fingerprint density at radius 2 is 1.88 bits per heavy atom. The Hall–Kier alpha value is -2.25. The molecule has 1 heterocycles. The fraction of sp³-hybridized carbons (Fsp3) is 0.294. The average Bonchev–Trinajstić information content (AvgIpc) is 3.08. The fourth-order valence-corrected chi connectivity index (χ4v) is 4.11. The third-order valence-electron chi connectivity index (χ3n) is 3.99. The van der Waals surface area contributed by atoms with Crippen molar-refractivity contribution in [2.75, 3.05) is 5.32 Å². The van der Waals surface area contributed by atoms with E-state index < -0.39 is 15.9 Å². The van der Waals surface area contributed by atoms with E-state index in [0.717, 1.165) is 25.7 Å². The standard InChI is InChI=1S/C17H19N3O3S/c21-17(19-16-10-3-4-11-18-16)13-6-5-9-15(12-13)24(22,23)20-14-7-1-2-8-14/h3-6,9-12,14,20H,1-2,7-8H2,(H,18,19,21). The van der Waals surface area contributed by atoms with E-state index in [-0.39, 0.29) is 16.5 Å². The van der Waals surface area contributed by atoms with Gasteiger partial charge in [0.1, 0.15) is 5.82 Å². The number of nitrogens with zero attached hydrogens (tertiary/aromatic N) is 1. The Bertz CT molecular complexity index is 816. The molecule has 1 aromatic carbocycles. The number of rotatable bonds is 5. The summed E-state index contributed by atoms with van der Waals surface area (Å²) < 4.78 is 27.6. The quantitative estimate of drug-likeness (QED) is 0.872. The maximum Gasteiger partial charge on any atom is 0.256 e. The van der Waals surface area contributed by atoms with E-state index in [9.17, 15) is 13.2 Å². The molecule has 1 aliphatic carbocycles. The monoisotopic (exact) mass is 345 g/mol. The number of hydrogen-bond donors (Lipinski definition) is 2. The van der Waals surface area contributed by atoms with Gasteiger partial charge < -0.3 is 5.32 Å². The first kappa shape index (κ1) is 16.6. The van der Waals surface area contributed by atoms with Gasteiger partial charge in [-0.05, 0) is 43.2 Å². The van der Waals surface area contributed by atoms with Crippen molar-refractivity contribution in [1.29, 1.82) is 0 Å². The summed E-state index contributed by atoms with van der Waals surface area (Å²) in [7, 11) is -3.62. The van der Waals surface area contributed by atoms with Gasteiger partial charge >= 0.3 is 0 Å². The second kappa shape index (κ2) is 7.11. The summed E-state index contributed by atoms with van der Waals surface area (Å²) >= 11 is 0. The third-order valence-corrected chi connectivity index (χ3v) is 5.51. The molecule has 1 fully saturated rings. The van der Waals surface area contributed by atoms with Crippen LogP contribution >= 0.6 is 0 Å². The number of nitrogens with one attached hydrogen (secondary N) is 2. The van der Waals surface area contributed by atoms with Crippen molar-refractivity contribution in [3.05, 3.63) is 54.2 Å². The van der Waals surface area contributed by atoms with E-state index in [0.29, 0.717) is 5.82 Å². The van der Waals surface area contributed by atoms with Crippen LogP contribution in [0.5, 0.6) is 0 Å². The first-order valence-electron chi connectivity index (χ1n) is 7.89. The van der Waals surface area contributed by atoms with Crippen molar-refractivity contribution in [3.63, 3.8) is 0 Å². The molecule has 0 atom stereocenters. The van der Waals surface area contributed by atoms with Crippen molar-refractivity contribution in [2.45, 2.75) is 36.6 Å². The van der Waals surface area contributed by atoms with Gasteiger partial charge in [0.05, 0.1) is 4.90 Å². The molecule has 126 valence electrons. The molecule has 3 rings (SSSR count). The first-order chi connectivity index (χ1) is 11.5. The van der Waals surface area contributed by atoms with Crippen molar-refractivity contribution in [3.8, 4) is 0 Å². The van der Waals surface area contributed by atoms with E-state index in [2.05, 4.69) is 15.0 Å². The largest absolute Gasteiger partial charge is 0.307 e. The van der Waals surface area contributed by atoms with Gasteiger partial charge in [-0.1, -0.05) is 25.0 Å². The minimum Gasteiger partial charge on any atom is -0.307 e. The number of hydrogen-bond acceptors (Lipinski definition) is 4. The lowest BCUT2D eigenvalue weighted by atomic mass is 10.2.